The molecular formula is C65H118N2O7P+. The van der Waals surface area contributed by atoms with Crippen molar-refractivity contribution in [2.75, 3.05) is 40.9 Å². The van der Waals surface area contributed by atoms with Crippen LogP contribution < -0.4 is 5.32 Å². The second-order valence-corrected chi connectivity index (χ2v) is 23.3. The number of amides is 1. The van der Waals surface area contributed by atoms with Crippen molar-refractivity contribution in [3.8, 4) is 0 Å². The number of phosphoric acid groups is 1. The summed E-state index contributed by atoms with van der Waals surface area (Å²) in [7, 11) is 1.45. The van der Waals surface area contributed by atoms with Crippen LogP contribution in [0.25, 0.3) is 0 Å². The van der Waals surface area contributed by atoms with Gasteiger partial charge in [-0.05, 0) is 70.3 Å². The maximum atomic E-state index is 13.5. The van der Waals surface area contributed by atoms with Gasteiger partial charge in [-0.3, -0.25) is 18.6 Å². The quantitative estimate of drug-likeness (QED) is 0.0205. The first-order valence-corrected chi connectivity index (χ1v) is 32.4. The van der Waals surface area contributed by atoms with Gasteiger partial charge in [-0.15, -0.1) is 0 Å². The number of allylic oxidation sites excluding steroid dienone is 13. The highest BCUT2D eigenvalue weighted by Gasteiger charge is 2.30. The van der Waals surface area contributed by atoms with E-state index in [2.05, 4.69) is 92.9 Å². The summed E-state index contributed by atoms with van der Waals surface area (Å²) in [4.78, 5) is 37.6. The third-order valence-electron chi connectivity index (χ3n) is 13.4. The zero-order chi connectivity index (χ0) is 55.0. The smallest absolute Gasteiger partial charge is 0.456 e. The Morgan fingerprint density at radius 1 is 0.480 bits per heavy atom. The first-order chi connectivity index (χ1) is 36.4. The lowest BCUT2D eigenvalue weighted by molar-refractivity contribution is -0.870. The molecule has 1 amide bonds. The zero-order valence-electron chi connectivity index (χ0n) is 49.5. The highest BCUT2D eigenvalue weighted by Crippen LogP contribution is 2.43. The molecule has 75 heavy (non-hydrogen) atoms. The zero-order valence-corrected chi connectivity index (χ0v) is 50.4. The van der Waals surface area contributed by atoms with Crippen molar-refractivity contribution in [2.45, 2.75) is 277 Å². The summed E-state index contributed by atoms with van der Waals surface area (Å²) in [5.74, 6) is -0.600. The van der Waals surface area contributed by atoms with E-state index in [9.17, 15) is 19.0 Å². The van der Waals surface area contributed by atoms with Crippen molar-refractivity contribution in [3.05, 3.63) is 85.1 Å². The number of nitrogens with one attached hydrogen (secondary N) is 1. The molecule has 0 aliphatic rings. The van der Waals surface area contributed by atoms with Crippen LogP contribution >= 0.6 is 7.82 Å². The molecule has 10 heteroatoms. The standard InChI is InChI=1S/C65H117N2O7P/c1-7-10-13-16-19-22-25-27-29-31-33-35-37-39-42-45-48-51-54-57-64(68)66-62(61-73-75(70,71)72-60-59-67(4,5)6)63(56-53-50-47-44-41-24-21-18-15-12-9-3)74-65(69)58-55-52-49-46-43-40-38-36-34-32-30-28-26-23-20-17-14-11-8-2/h10,13,19,22,27,29,33,35,39,42,48,51,53,56,62-63H,7-9,11-12,14-18,20-21,23-26,28,30-32,34,36-38,40-41,43-47,49-50,52,54-55,57-61H2,1-6H3,(H-,66,68,70,71)/p+1/b13-10-,22-19-,29-27-,35-33-,42-39-,51-48-,56-53+. The Hall–Kier alpha value is -2.81. The van der Waals surface area contributed by atoms with Gasteiger partial charge in [0, 0.05) is 12.8 Å². The predicted octanol–water partition coefficient (Wildman–Crippen LogP) is 19.0. The molecule has 0 aromatic rings. The summed E-state index contributed by atoms with van der Waals surface area (Å²) in [5, 5.41) is 3.00. The molecule has 0 spiro atoms. The van der Waals surface area contributed by atoms with Crippen molar-refractivity contribution < 1.29 is 37.3 Å². The van der Waals surface area contributed by atoms with Gasteiger partial charge < -0.3 is 19.4 Å². The number of hydrogen-bond donors (Lipinski definition) is 2. The summed E-state index contributed by atoms with van der Waals surface area (Å²) in [5.41, 5.74) is 0. The van der Waals surface area contributed by atoms with Gasteiger partial charge in [0.05, 0.1) is 33.8 Å². The van der Waals surface area contributed by atoms with Crippen LogP contribution in [0, 0.1) is 0 Å². The van der Waals surface area contributed by atoms with Crippen LogP contribution in [0.5, 0.6) is 0 Å². The van der Waals surface area contributed by atoms with Crippen molar-refractivity contribution in [1.29, 1.82) is 0 Å². The maximum absolute atomic E-state index is 13.5. The van der Waals surface area contributed by atoms with Gasteiger partial charge in [0.15, 0.2) is 0 Å². The average Bonchev–Trinajstić information content (AvgIpc) is 3.37. The molecule has 0 aliphatic carbocycles. The van der Waals surface area contributed by atoms with Crippen LogP contribution in [0.2, 0.25) is 0 Å². The Morgan fingerprint density at radius 2 is 0.867 bits per heavy atom. The van der Waals surface area contributed by atoms with Crippen LogP contribution in [0.3, 0.4) is 0 Å². The Labute approximate surface area is 463 Å². The number of hydrogen-bond acceptors (Lipinski definition) is 6. The van der Waals surface area contributed by atoms with E-state index in [-0.39, 0.29) is 37.9 Å². The first-order valence-electron chi connectivity index (χ1n) is 30.9. The number of carbonyl (C=O) groups is 2. The average molecular weight is 1070 g/mol. The molecular weight excluding hydrogens is 952 g/mol. The number of ether oxygens (including phenoxy) is 1. The molecule has 3 atom stereocenters. The fraction of sp³-hybridized carbons (Fsp3) is 0.754. The number of carbonyl (C=O) groups excluding carboxylic acids is 2. The van der Waals surface area contributed by atoms with Gasteiger partial charge in [-0.1, -0.05) is 267 Å². The second-order valence-electron chi connectivity index (χ2n) is 21.9. The first kappa shape index (κ1) is 72.2. The van der Waals surface area contributed by atoms with E-state index in [1.807, 2.05) is 39.4 Å². The van der Waals surface area contributed by atoms with Crippen LogP contribution in [0.4, 0.5) is 0 Å². The molecule has 0 fully saturated rings. The Balaban J connectivity index is 5.32. The van der Waals surface area contributed by atoms with Gasteiger partial charge in [-0.2, -0.15) is 0 Å². The maximum Gasteiger partial charge on any atom is 0.472 e. The highest BCUT2D eigenvalue weighted by atomic mass is 31.2. The molecule has 0 saturated heterocycles. The van der Waals surface area contributed by atoms with Crippen molar-refractivity contribution in [2.24, 2.45) is 0 Å². The van der Waals surface area contributed by atoms with Crippen LogP contribution in [-0.2, 0) is 27.9 Å². The molecule has 2 N–H and O–H groups in total. The van der Waals surface area contributed by atoms with Gasteiger partial charge in [0.1, 0.15) is 19.3 Å². The summed E-state index contributed by atoms with van der Waals surface area (Å²) < 4.78 is 30.6. The van der Waals surface area contributed by atoms with Gasteiger partial charge in [0.25, 0.3) is 0 Å². The number of likely N-dealkylation sites (N-methyl/N-ethyl adjacent to an activating group) is 1. The molecule has 434 valence electrons. The molecule has 0 aliphatic heterocycles. The summed E-state index contributed by atoms with van der Waals surface area (Å²) in [6, 6.07) is -0.890. The summed E-state index contributed by atoms with van der Waals surface area (Å²) in [6.45, 7) is 6.85. The molecule has 0 radical (unpaired) electrons. The monoisotopic (exact) mass is 1070 g/mol. The molecule has 0 saturated carbocycles. The minimum atomic E-state index is -4.47. The SMILES string of the molecule is CC/C=C\C/C=C\C/C=C\C/C=C\C/C=C\C/C=C\CCC(=O)NC(COP(=O)(O)OCC[N+](C)(C)C)C(/C=C/CCCCCCCCCCC)OC(=O)CCCCCCCCCCCCCCCCCCCCC. The predicted molar refractivity (Wildman–Crippen MR) is 323 cm³/mol. The van der Waals surface area contributed by atoms with Gasteiger partial charge >= 0.3 is 13.8 Å². The number of rotatable bonds is 55. The molecule has 0 aromatic heterocycles. The largest absolute Gasteiger partial charge is 0.472 e. The van der Waals surface area contributed by atoms with E-state index < -0.39 is 20.0 Å². The normalized spacial score (nSPS) is 14.3. The van der Waals surface area contributed by atoms with E-state index in [0.717, 1.165) is 77.0 Å². The lowest BCUT2D eigenvalue weighted by atomic mass is 10.0. The highest BCUT2D eigenvalue weighted by molar-refractivity contribution is 7.47. The van der Waals surface area contributed by atoms with E-state index in [4.69, 9.17) is 13.8 Å². The van der Waals surface area contributed by atoms with Crippen molar-refractivity contribution in [3.63, 3.8) is 0 Å². The number of phosphoric ester groups is 1. The van der Waals surface area contributed by atoms with E-state index in [0.29, 0.717) is 17.4 Å². The minimum Gasteiger partial charge on any atom is -0.456 e. The van der Waals surface area contributed by atoms with E-state index >= 15 is 0 Å². The Kier molecular flexibility index (Phi) is 52.5. The lowest BCUT2D eigenvalue weighted by Gasteiger charge is -2.27. The van der Waals surface area contributed by atoms with Crippen LogP contribution in [-0.4, -0.2) is 74.3 Å². The topological polar surface area (TPSA) is 111 Å². The van der Waals surface area contributed by atoms with E-state index in [1.54, 1.807) is 0 Å². The molecule has 9 nitrogen and oxygen atoms in total. The lowest BCUT2D eigenvalue weighted by Crippen LogP contribution is -2.47. The van der Waals surface area contributed by atoms with Gasteiger partial charge in [0.2, 0.25) is 5.91 Å². The van der Waals surface area contributed by atoms with Crippen LogP contribution in [0.15, 0.2) is 85.1 Å². The molecule has 0 aromatic carbocycles. The molecule has 0 heterocycles. The Morgan fingerprint density at radius 3 is 1.28 bits per heavy atom. The minimum absolute atomic E-state index is 0.0246. The molecule has 0 bridgehead atoms. The van der Waals surface area contributed by atoms with Crippen molar-refractivity contribution in [1.82, 2.24) is 5.32 Å². The number of quaternary nitrogens is 1. The van der Waals surface area contributed by atoms with Crippen molar-refractivity contribution >= 4 is 19.7 Å². The number of esters is 1. The number of nitrogens with zero attached hydrogens (tertiary/aromatic N) is 1. The van der Waals surface area contributed by atoms with Crippen LogP contribution in [0.1, 0.15) is 265 Å². The molecule has 3 unspecified atom stereocenters. The summed E-state index contributed by atoms with van der Waals surface area (Å²) >= 11 is 0. The Bertz CT molecular complexity index is 1560. The fourth-order valence-corrected chi connectivity index (χ4v) is 9.35. The molecule has 0 rings (SSSR count). The van der Waals surface area contributed by atoms with E-state index in [1.165, 1.54) is 148 Å². The second kappa shape index (κ2) is 54.5. The number of unbranched alkanes of at least 4 members (excludes halogenated alkanes) is 27. The fourth-order valence-electron chi connectivity index (χ4n) is 8.61. The third kappa shape index (κ3) is 55.7. The summed E-state index contributed by atoms with van der Waals surface area (Å²) in [6.07, 6.45) is 71.8. The van der Waals surface area contributed by atoms with Gasteiger partial charge in [-0.25, -0.2) is 4.57 Å². The third-order valence-corrected chi connectivity index (χ3v) is 14.3.